The van der Waals surface area contributed by atoms with E-state index in [2.05, 4.69) is 30.7 Å². The molecule has 1 atom stereocenters. The van der Waals surface area contributed by atoms with Crippen LogP contribution in [0, 0.1) is 5.92 Å². The Balaban J connectivity index is 2.45. The summed E-state index contributed by atoms with van der Waals surface area (Å²) in [6.45, 7) is 6.77. The van der Waals surface area contributed by atoms with Crippen LogP contribution in [0.5, 0.6) is 0 Å². The van der Waals surface area contributed by atoms with Crippen molar-refractivity contribution in [3.63, 3.8) is 0 Å². The number of fused-ring (bicyclic) bond motifs is 1. The Bertz CT molecular complexity index is 331. The number of aromatic nitrogens is 2. The Morgan fingerprint density at radius 3 is 2.86 bits per heavy atom. The normalized spacial score (nSPS) is 20.1. The minimum Gasteiger partial charge on any atom is -0.241 e. The van der Waals surface area contributed by atoms with Gasteiger partial charge in [0.2, 0.25) is 0 Å². The molecule has 0 unspecified atom stereocenters. The SMILES string of the molecule is CCc1ncnc2c1[C@H](C(C)C)CC2. The van der Waals surface area contributed by atoms with Gasteiger partial charge in [-0.05, 0) is 36.7 Å². The predicted octanol–water partition coefficient (Wildman–Crippen LogP) is 2.72. The number of hydrogen-bond donors (Lipinski definition) is 0. The van der Waals surface area contributed by atoms with Gasteiger partial charge in [-0.25, -0.2) is 9.97 Å². The van der Waals surface area contributed by atoms with E-state index in [4.69, 9.17) is 0 Å². The van der Waals surface area contributed by atoms with Crippen LogP contribution in [-0.4, -0.2) is 9.97 Å². The van der Waals surface area contributed by atoms with E-state index in [0.717, 1.165) is 12.8 Å². The number of hydrogen-bond acceptors (Lipinski definition) is 2. The highest BCUT2D eigenvalue weighted by Gasteiger charge is 2.28. The smallest absolute Gasteiger partial charge is 0.115 e. The number of aryl methyl sites for hydroxylation is 2. The summed E-state index contributed by atoms with van der Waals surface area (Å²) in [6, 6.07) is 0. The van der Waals surface area contributed by atoms with Crippen LogP contribution < -0.4 is 0 Å². The third-order valence-electron chi connectivity index (χ3n) is 3.25. The Hall–Kier alpha value is -0.920. The lowest BCUT2D eigenvalue weighted by atomic mass is 9.89. The van der Waals surface area contributed by atoms with Crippen molar-refractivity contribution in [1.29, 1.82) is 0 Å². The van der Waals surface area contributed by atoms with Gasteiger partial charge in [-0.2, -0.15) is 0 Å². The van der Waals surface area contributed by atoms with Gasteiger partial charge in [-0.3, -0.25) is 0 Å². The zero-order valence-electron chi connectivity index (χ0n) is 9.25. The van der Waals surface area contributed by atoms with Crippen molar-refractivity contribution in [2.45, 2.75) is 46.0 Å². The molecule has 1 aliphatic carbocycles. The molecule has 1 aromatic heterocycles. The lowest BCUT2D eigenvalue weighted by Crippen LogP contribution is -2.07. The molecule has 0 saturated carbocycles. The summed E-state index contributed by atoms with van der Waals surface area (Å²) in [5, 5.41) is 0. The van der Waals surface area contributed by atoms with Gasteiger partial charge in [0.25, 0.3) is 0 Å². The topological polar surface area (TPSA) is 25.8 Å². The molecule has 0 amide bonds. The Morgan fingerprint density at radius 1 is 1.43 bits per heavy atom. The molecule has 0 aromatic carbocycles. The number of rotatable bonds is 2. The summed E-state index contributed by atoms with van der Waals surface area (Å²) in [5.41, 5.74) is 4.03. The molecule has 2 heteroatoms. The molecule has 1 heterocycles. The number of nitrogens with zero attached hydrogens (tertiary/aromatic N) is 2. The van der Waals surface area contributed by atoms with Gasteiger partial charge < -0.3 is 0 Å². The van der Waals surface area contributed by atoms with Crippen molar-refractivity contribution >= 4 is 0 Å². The predicted molar refractivity (Wildman–Crippen MR) is 57.3 cm³/mol. The van der Waals surface area contributed by atoms with Crippen LogP contribution in [0.3, 0.4) is 0 Å². The van der Waals surface area contributed by atoms with E-state index in [9.17, 15) is 0 Å². The third-order valence-corrected chi connectivity index (χ3v) is 3.25. The second kappa shape index (κ2) is 3.68. The summed E-state index contributed by atoms with van der Waals surface area (Å²) < 4.78 is 0. The fourth-order valence-electron chi connectivity index (χ4n) is 2.49. The third kappa shape index (κ3) is 1.43. The van der Waals surface area contributed by atoms with Gasteiger partial charge in [-0.15, -0.1) is 0 Å². The molecule has 2 rings (SSSR count). The first kappa shape index (κ1) is 9.63. The highest BCUT2D eigenvalue weighted by Crippen LogP contribution is 2.38. The molecule has 2 nitrogen and oxygen atoms in total. The van der Waals surface area contributed by atoms with E-state index in [-0.39, 0.29) is 0 Å². The second-order valence-electron chi connectivity index (χ2n) is 4.42. The monoisotopic (exact) mass is 190 g/mol. The summed E-state index contributed by atoms with van der Waals surface area (Å²) in [5.74, 6) is 1.41. The van der Waals surface area contributed by atoms with Crippen LogP contribution in [0.15, 0.2) is 6.33 Å². The van der Waals surface area contributed by atoms with Gasteiger partial charge in [0, 0.05) is 11.4 Å². The molecule has 1 aromatic rings. The second-order valence-corrected chi connectivity index (χ2v) is 4.42. The van der Waals surface area contributed by atoms with E-state index in [1.54, 1.807) is 6.33 Å². The van der Waals surface area contributed by atoms with Crippen LogP contribution in [-0.2, 0) is 12.8 Å². The molecular weight excluding hydrogens is 172 g/mol. The highest BCUT2D eigenvalue weighted by molar-refractivity contribution is 5.33. The quantitative estimate of drug-likeness (QED) is 0.716. The van der Waals surface area contributed by atoms with E-state index >= 15 is 0 Å². The molecule has 14 heavy (non-hydrogen) atoms. The molecular formula is C12H18N2. The Morgan fingerprint density at radius 2 is 2.21 bits per heavy atom. The molecule has 0 bridgehead atoms. The average Bonchev–Trinajstić information content (AvgIpc) is 2.60. The van der Waals surface area contributed by atoms with Crippen molar-refractivity contribution in [1.82, 2.24) is 9.97 Å². The molecule has 0 aliphatic heterocycles. The fraction of sp³-hybridized carbons (Fsp3) is 0.667. The molecule has 0 spiro atoms. The van der Waals surface area contributed by atoms with Crippen molar-refractivity contribution in [3.8, 4) is 0 Å². The van der Waals surface area contributed by atoms with Gasteiger partial charge in [0.15, 0.2) is 0 Å². The lowest BCUT2D eigenvalue weighted by Gasteiger charge is -2.17. The molecule has 0 saturated heterocycles. The maximum atomic E-state index is 4.39. The van der Waals surface area contributed by atoms with Crippen molar-refractivity contribution in [2.24, 2.45) is 5.92 Å². The molecule has 0 radical (unpaired) electrons. The van der Waals surface area contributed by atoms with Crippen molar-refractivity contribution in [2.75, 3.05) is 0 Å². The maximum absolute atomic E-state index is 4.39. The summed E-state index contributed by atoms with van der Waals surface area (Å²) in [7, 11) is 0. The first-order valence-corrected chi connectivity index (χ1v) is 5.56. The van der Waals surface area contributed by atoms with Crippen LogP contribution >= 0.6 is 0 Å². The lowest BCUT2D eigenvalue weighted by molar-refractivity contribution is 0.492. The minimum absolute atomic E-state index is 0.696. The molecule has 76 valence electrons. The van der Waals surface area contributed by atoms with Gasteiger partial charge in [0.05, 0.1) is 0 Å². The van der Waals surface area contributed by atoms with E-state index in [0.29, 0.717) is 11.8 Å². The van der Waals surface area contributed by atoms with E-state index in [1.165, 1.54) is 23.4 Å². The summed E-state index contributed by atoms with van der Waals surface area (Å²) in [4.78, 5) is 8.78. The molecule has 0 fully saturated rings. The molecule has 0 N–H and O–H groups in total. The Kier molecular flexibility index (Phi) is 2.53. The summed E-state index contributed by atoms with van der Waals surface area (Å²) in [6.07, 6.45) is 5.17. The minimum atomic E-state index is 0.696. The zero-order chi connectivity index (χ0) is 10.1. The van der Waals surface area contributed by atoms with E-state index in [1.807, 2.05) is 0 Å². The van der Waals surface area contributed by atoms with Crippen LogP contribution in [0.2, 0.25) is 0 Å². The fourth-order valence-corrected chi connectivity index (χ4v) is 2.49. The van der Waals surface area contributed by atoms with E-state index < -0.39 is 0 Å². The largest absolute Gasteiger partial charge is 0.241 e. The van der Waals surface area contributed by atoms with Crippen LogP contribution in [0.4, 0.5) is 0 Å². The average molecular weight is 190 g/mol. The van der Waals surface area contributed by atoms with Crippen molar-refractivity contribution in [3.05, 3.63) is 23.3 Å². The Labute approximate surface area is 85.8 Å². The molecule has 1 aliphatic rings. The van der Waals surface area contributed by atoms with Gasteiger partial charge in [0.1, 0.15) is 6.33 Å². The standard InChI is InChI=1S/C12H18N2/c1-4-10-12-9(8(2)3)5-6-11(12)14-7-13-10/h7-9H,4-6H2,1-3H3/t9-/m0/s1. The van der Waals surface area contributed by atoms with Crippen molar-refractivity contribution < 1.29 is 0 Å². The van der Waals surface area contributed by atoms with Gasteiger partial charge in [-0.1, -0.05) is 20.8 Å². The first-order valence-electron chi connectivity index (χ1n) is 5.56. The highest BCUT2D eigenvalue weighted by atomic mass is 14.9. The first-order chi connectivity index (χ1) is 6.74. The summed E-state index contributed by atoms with van der Waals surface area (Å²) >= 11 is 0. The maximum Gasteiger partial charge on any atom is 0.115 e. The van der Waals surface area contributed by atoms with Crippen LogP contribution in [0.1, 0.15) is 50.1 Å². The van der Waals surface area contributed by atoms with Crippen LogP contribution in [0.25, 0.3) is 0 Å². The zero-order valence-corrected chi connectivity index (χ0v) is 9.25. The van der Waals surface area contributed by atoms with Gasteiger partial charge >= 0.3 is 0 Å².